The molecule has 28 heavy (non-hydrogen) atoms. The first-order valence-corrected chi connectivity index (χ1v) is 10.1. The molecular formula is C20H21N3O4S. The number of hydrogen-bond donors (Lipinski definition) is 2. The molecule has 0 saturated carbocycles. The number of carbonyl (C=O) groups is 1. The van der Waals surface area contributed by atoms with E-state index in [0.717, 1.165) is 41.5 Å². The largest absolute Gasteiger partial charge is 0.490 e. The number of H-pyrrole nitrogens is 1. The number of benzene rings is 1. The zero-order chi connectivity index (χ0) is 19.7. The molecule has 0 radical (unpaired) electrons. The maximum atomic E-state index is 12.8. The predicted octanol–water partition coefficient (Wildman–Crippen LogP) is 2.79. The third kappa shape index (κ3) is 3.47. The van der Waals surface area contributed by atoms with Gasteiger partial charge in [0.2, 0.25) is 0 Å². The number of primary amides is 1. The van der Waals surface area contributed by atoms with E-state index < -0.39 is 5.91 Å². The third-order valence-corrected chi connectivity index (χ3v) is 5.90. The van der Waals surface area contributed by atoms with Gasteiger partial charge < -0.3 is 20.2 Å². The van der Waals surface area contributed by atoms with E-state index in [1.54, 1.807) is 29.5 Å². The Hall–Kier alpha value is -2.87. The molecule has 1 aliphatic rings. The smallest absolute Gasteiger partial charge is 0.260 e. The fourth-order valence-corrected chi connectivity index (χ4v) is 4.75. The molecule has 1 amide bonds. The number of hydrogen-bond acceptors (Lipinski definition) is 6. The number of aryl methyl sites for hydroxylation is 2. The van der Waals surface area contributed by atoms with E-state index in [1.165, 1.54) is 4.88 Å². The van der Waals surface area contributed by atoms with Crippen LogP contribution in [0.25, 0.3) is 21.6 Å². The van der Waals surface area contributed by atoms with Gasteiger partial charge in [0.15, 0.2) is 18.1 Å². The number of nitrogens with one attached hydrogen (secondary N) is 1. The van der Waals surface area contributed by atoms with Crippen LogP contribution in [0.1, 0.15) is 30.2 Å². The molecular weight excluding hydrogens is 378 g/mol. The van der Waals surface area contributed by atoms with Crippen LogP contribution in [0.5, 0.6) is 11.5 Å². The molecule has 0 saturated heterocycles. The Bertz CT molecular complexity index is 1100. The zero-order valence-corrected chi connectivity index (χ0v) is 16.4. The number of ether oxygens (including phenoxy) is 2. The highest BCUT2D eigenvalue weighted by Crippen LogP contribution is 2.35. The number of fused-ring (bicyclic) bond motifs is 3. The van der Waals surface area contributed by atoms with E-state index >= 15 is 0 Å². The molecule has 3 N–H and O–H groups in total. The fraction of sp³-hybridized carbons (Fsp3) is 0.350. The summed E-state index contributed by atoms with van der Waals surface area (Å²) in [5, 5.41) is 0.731. The normalized spacial score (nSPS) is 13.3. The standard InChI is InChI=1S/C20H21N3O4S/c1-2-26-14-9-11(7-8-13(14)27-10-16(21)24)18-22-19(25)17-12-5-3-4-6-15(12)28-20(17)23-18/h7-9H,2-6,10H2,1H3,(H2,21,24)(H,22,23,25). The van der Waals surface area contributed by atoms with Crippen molar-refractivity contribution in [3.63, 3.8) is 0 Å². The fourth-order valence-electron chi connectivity index (χ4n) is 3.49. The molecule has 3 aromatic rings. The summed E-state index contributed by atoms with van der Waals surface area (Å²) in [6.07, 6.45) is 4.24. The number of aromatic amines is 1. The van der Waals surface area contributed by atoms with Gasteiger partial charge >= 0.3 is 0 Å². The van der Waals surface area contributed by atoms with Crippen LogP contribution < -0.4 is 20.8 Å². The van der Waals surface area contributed by atoms with E-state index in [2.05, 4.69) is 4.98 Å². The molecule has 0 spiro atoms. The predicted molar refractivity (Wildman–Crippen MR) is 108 cm³/mol. The lowest BCUT2D eigenvalue weighted by Crippen LogP contribution is -2.20. The summed E-state index contributed by atoms with van der Waals surface area (Å²) in [4.78, 5) is 33.4. The Labute approximate surface area is 165 Å². The second-order valence-corrected chi connectivity index (χ2v) is 7.74. The first kappa shape index (κ1) is 18.5. The SMILES string of the molecule is CCOc1cc(-c2nc3sc4c(c3c(=O)[nH]2)CCCC4)ccc1OCC(N)=O. The molecule has 2 aromatic heterocycles. The zero-order valence-electron chi connectivity index (χ0n) is 15.5. The van der Waals surface area contributed by atoms with Crippen molar-refractivity contribution in [1.29, 1.82) is 0 Å². The van der Waals surface area contributed by atoms with Gasteiger partial charge in [-0.3, -0.25) is 9.59 Å². The number of nitrogens with two attached hydrogens (primary N) is 1. The highest BCUT2D eigenvalue weighted by Gasteiger charge is 2.20. The van der Waals surface area contributed by atoms with Crippen LogP contribution in [0.15, 0.2) is 23.0 Å². The number of amides is 1. The van der Waals surface area contributed by atoms with Crippen LogP contribution in [0, 0.1) is 0 Å². The molecule has 7 nitrogen and oxygen atoms in total. The minimum absolute atomic E-state index is 0.105. The van der Waals surface area contributed by atoms with Gasteiger partial charge in [0, 0.05) is 10.4 Å². The molecule has 2 heterocycles. The maximum Gasteiger partial charge on any atom is 0.260 e. The highest BCUT2D eigenvalue weighted by molar-refractivity contribution is 7.18. The average molecular weight is 399 g/mol. The van der Waals surface area contributed by atoms with Crippen molar-refractivity contribution >= 4 is 27.5 Å². The van der Waals surface area contributed by atoms with Gasteiger partial charge in [0.25, 0.3) is 11.5 Å². The molecule has 0 unspecified atom stereocenters. The summed E-state index contributed by atoms with van der Waals surface area (Å²) in [5.74, 6) is 0.803. The number of aromatic nitrogens is 2. The van der Waals surface area contributed by atoms with Gasteiger partial charge in [-0.2, -0.15) is 0 Å². The summed E-state index contributed by atoms with van der Waals surface area (Å²) in [6.45, 7) is 2.05. The molecule has 1 aliphatic carbocycles. The van der Waals surface area contributed by atoms with Crippen molar-refractivity contribution in [3.05, 3.63) is 39.0 Å². The van der Waals surface area contributed by atoms with E-state index in [-0.39, 0.29) is 12.2 Å². The Morgan fingerprint density at radius 3 is 2.86 bits per heavy atom. The Morgan fingerprint density at radius 1 is 1.25 bits per heavy atom. The Balaban J connectivity index is 1.75. The van der Waals surface area contributed by atoms with E-state index in [0.29, 0.717) is 29.5 Å². The molecule has 0 atom stereocenters. The summed E-state index contributed by atoms with van der Waals surface area (Å²) in [6, 6.07) is 5.21. The van der Waals surface area contributed by atoms with Gasteiger partial charge in [-0.25, -0.2) is 4.98 Å². The van der Waals surface area contributed by atoms with Crippen LogP contribution >= 0.6 is 11.3 Å². The minimum Gasteiger partial charge on any atom is -0.490 e. The Morgan fingerprint density at radius 2 is 2.07 bits per heavy atom. The molecule has 1 aromatic carbocycles. The monoisotopic (exact) mass is 399 g/mol. The second-order valence-electron chi connectivity index (χ2n) is 6.66. The quantitative estimate of drug-likeness (QED) is 0.663. The lowest BCUT2D eigenvalue weighted by molar-refractivity contribution is -0.119. The summed E-state index contributed by atoms with van der Waals surface area (Å²) < 4.78 is 11.0. The van der Waals surface area contributed by atoms with E-state index in [1.807, 2.05) is 6.92 Å². The number of thiophene rings is 1. The van der Waals surface area contributed by atoms with Gasteiger partial charge in [-0.1, -0.05) is 0 Å². The van der Waals surface area contributed by atoms with E-state index in [4.69, 9.17) is 20.2 Å². The Kier molecular flexibility index (Phi) is 5.04. The number of carbonyl (C=O) groups excluding carboxylic acids is 1. The van der Waals surface area contributed by atoms with E-state index in [9.17, 15) is 9.59 Å². The van der Waals surface area contributed by atoms with Gasteiger partial charge in [-0.15, -0.1) is 11.3 Å². The van der Waals surface area contributed by atoms with Crippen LogP contribution in [-0.2, 0) is 17.6 Å². The first-order chi connectivity index (χ1) is 13.6. The topological polar surface area (TPSA) is 107 Å². The van der Waals surface area contributed by atoms with Gasteiger partial charge in [0.1, 0.15) is 10.7 Å². The van der Waals surface area contributed by atoms with Crippen LogP contribution in [0.2, 0.25) is 0 Å². The lowest BCUT2D eigenvalue weighted by Gasteiger charge is -2.12. The van der Waals surface area contributed by atoms with Crippen molar-refractivity contribution in [2.24, 2.45) is 5.73 Å². The molecule has 4 rings (SSSR count). The molecule has 0 bridgehead atoms. The van der Waals surface area contributed by atoms with Gasteiger partial charge in [-0.05, 0) is 56.4 Å². The lowest BCUT2D eigenvalue weighted by atomic mass is 9.97. The highest BCUT2D eigenvalue weighted by atomic mass is 32.1. The van der Waals surface area contributed by atoms with Gasteiger partial charge in [0.05, 0.1) is 12.0 Å². The molecule has 0 fully saturated rings. The molecule has 0 aliphatic heterocycles. The molecule has 8 heteroatoms. The summed E-state index contributed by atoms with van der Waals surface area (Å²) in [5.41, 5.74) is 6.91. The number of rotatable bonds is 6. The summed E-state index contributed by atoms with van der Waals surface area (Å²) >= 11 is 1.61. The number of nitrogens with zero attached hydrogens (tertiary/aromatic N) is 1. The van der Waals surface area contributed by atoms with Crippen LogP contribution in [0.3, 0.4) is 0 Å². The minimum atomic E-state index is -0.565. The summed E-state index contributed by atoms with van der Waals surface area (Å²) in [7, 11) is 0. The van der Waals surface area contributed by atoms with Crippen molar-refractivity contribution in [1.82, 2.24) is 9.97 Å². The van der Waals surface area contributed by atoms with Crippen molar-refractivity contribution in [3.8, 4) is 22.9 Å². The first-order valence-electron chi connectivity index (χ1n) is 9.29. The average Bonchev–Trinajstić information content (AvgIpc) is 3.06. The van der Waals surface area contributed by atoms with Crippen molar-refractivity contribution < 1.29 is 14.3 Å². The third-order valence-electron chi connectivity index (χ3n) is 4.71. The van der Waals surface area contributed by atoms with Crippen LogP contribution in [-0.4, -0.2) is 29.1 Å². The second kappa shape index (κ2) is 7.63. The molecule has 146 valence electrons. The van der Waals surface area contributed by atoms with Crippen molar-refractivity contribution in [2.45, 2.75) is 32.6 Å². The van der Waals surface area contributed by atoms with Crippen molar-refractivity contribution in [2.75, 3.05) is 13.2 Å². The maximum absolute atomic E-state index is 12.8. The van der Waals surface area contributed by atoms with Crippen LogP contribution in [0.4, 0.5) is 0 Å².